The number of hydrogen-bond donors (Lipinski definition) is 1. The van der Waals surface area contributed by atoms with Gasteiger partial charge in [0.05, 0.1) is 12.6 Å². The molecule has 1 aliphatic heterocycles. The molecule has 0 unspecified atom stereocenters. The molecule has 1 aromatic carbocycles. The number of rotatable bonds is 4. The van der Waals surface area contributed by atoms with Crippen molar-refractivity contribution in [1.29, 1.82) is 5.26 Å². The number of anilines is 1. The van der Waals surface area contributed by atoms with Gasteiger partial charge in [0.1, 0.15) is 0 Å². The van der Waals surface area contributed by atoms with Crippen molar-refractivity contribution in [2.45, 2.75) is 18.9 Å². The first kappa shape index (κ1) is 15.3. The van der Waals surface area contributed by atoms with Gasteiger partial charge in [0.25, 0.3) is 5.91 Å². The van der Waals surface area contributed by atoms with Crippen molar-refractivity contribution in [2.24, 2.45) is 0 Å². The van der Waals surface area contributed by atoms with Crippen LogP contribution < -0.4 is 10.2 Å². The zero-order valence-corrected chi connectivity index (χ0v) is 12.7. The maximum Gasteiger partial charge on any atom is 0.251 e. The number of nitriles is 1. The van der Waals surface area contributed by atoms with Crippen LogP contribution in [0.15, 0.2) is 24.3 Å². The van der Waals surface area contributed by atoms with Crippen molar-refractivity contribution in [3.05, 3.63) is 29.8 Å². The van der Waals surface area contributed by atoms with Crippen molar-refractivity contribution in [3.8, 4) is 6.07 Å². The molecule has 1 amide bonds. The van der Waals surface area contributed by atoms with Crippen molar-refractivity contribution < 1.29 is 4.79 Å². The predicted molar refractivity (Wildman–Crippen MR) is 83.3 cm³/mol. The summed E-state index contributed by atoms with van der Waals surface area (Å²) < 4.78 is 0. The first-order valence-electron chi connectivity index (χ1n) is 7.27. The van der Waals surface area contributed by atoms with Crippen LogP contribution in [0.2, 0.25) is 0 Å². The number of carbonyl (C=O) groups is 1. The summed E-state index contributed by atoms with van der Waals surface area (Å²) in [4.78, 5) is 16.3. The van der Waals surface area contributed by atoms with E-state index in [1.54, 1.807) is 0 Å². The second-order valence-electron chi connectivity index (χ2n) is 5.62. The van der Waals surface area contributed by atoms with E-state index in [4.69, 9.17) is 5.26 Å². The first-order chi connectivity index (χ1) is 10.1. The molecule has 0 aromatic heterocycles. The van der Waals surface area contributed by atoms with E-state index in [0.29, 0.717) is 12.1 Å². The van der Waals surface area contributed by atoms with Gasteiger partial charge in [0.15, 0.2) is 0 Å². The lowest BCUT2D eigenvalue weighted by Crippen LogP contribution is -2.44. The zero-order valence-electron chi connectivity index (χ0n) is 12.7. The van der Waals surface area contributed by atoms with Gasteiger partial charge in [-0.3, -0.25) is 9.69 Å². The van der Waals surface area contributed by atoms with Gasteiger partial charge in [0.2, 0.25) is 0 Å². The lowest BCUT2D eigenvalue weighted by atomic mass is 10.0. The molecular weight excluding hydrogens is 264 g/mol. The third-order valence-electron chi connectivity index (χ3n) is 3.86. The van der Waals surface area contributed by atoms with E-state index in [1.807, 2.05) is 43.3 Å². The molecule has 0 radical (unpaired) electrons. The number of amides is 1. The van der Waals surface area contributed by atoms with E-state index in [-0.39, 0.29) is 11.9 Å². The van der Waals surface area contributed by atoms with Crippen LogP contribution in [0.5, 0.6) is 0 Å². The van der Waals surface area contributed by atoms with Crippen molar-refractivity contribution in [1.82, 2.24) is 10.2 Å². The summed E-state index contributed by atoms with van der Waals surface area (Å²) in [5.41, 5.74) is 1.77. The number of nitrogens with one attached hydrogen (secondary N) is 1. The van der Waals surface area contributed by atoms with Gasteiger partial charge in [-0.05, 0) is 37.1 Å². The highest BCUT2D eigenvalue weighted by molar-refractivity contribution is 5.94. The fraction of sp³-hybridized carbons (Fsp3) is 0.500. The number of benzene rings is 1. The summed E-state index contributed by atoms with van der Waals surface area (Å²) in [5, 5.41) is 11.8. The minimum absolute atomic E-state index is 0.0148. The molecule has 1 heterocycles. The Kier molecular flexibility index (Phi) is 5.18. The van der Waals surface area contributed by atoms with Crippen LogP contribution in [0.4, 0.5) is 5.69 Å². The maximum atomic E-state index is 12.2. The summed E-state index contributed by atoms with van der Waals surface area (Å²) in [6.45, 7) is 2.23. The van der Waals surface area contributed by atoms with Crippen LogP contribution in [0.3, 0.4) is 0 Å². The second kappa shape index (κ2) is 7.09. The van der Waals surface area contributed by atoms with Gasteiger partial charge in [-0.25, -0.2) is 0 Å². The molecule has 0 aliphatic carbocycles. The smallest absolute Gasteiger partial charge is 0.251 e. The molecule has 21 heavy (non-hydrogen) atoms. The Morgan fingerprint density at radius 3 is 2.48 bits per heavy atom. The molecule has 1 aliphatic rings. The normalized spacial score (nSPS) is 16.2. The standard InChI is InChI=1S/C16H22N4O/c1-19(2)15-5-3-13(4-6-15)16(21)18-14-7-10-20(11-8-14)12-9-17/h3-6,14H,7-8,10-12H2,1-2H3,(H,18,21). The molecule has 5 heteroatoms. The van der Waals surface area contributed by atoms with Crippen LogP contribution in [-0.4, -0.2) is 50.6 Å². The molecule has 0 spiro atoms. The summed E-state index contributed by atoms with van der Waals surface area (Å²) in [7, 11) is 3.95. The van der Waals surface area contributed by atoms with Crippen molar-refractivity contribution in [2.75, 3.05) is 38.6 Å². The van der Waals surface area contributed by atoms with Crippen molar-refractivity contribution in [3.63, 3.8) is 0 Å². The Bertz CT molecular complexity index is 510. The second-order valence-corrected chi connectivity index (χ2v) is 5.62. The van der Waals surface area contributed by atoms with E-state index in [2.05, 4.69) is 16.3 Å². The first-order valence-corrected chi connectivity index (χ1v) is 7.27. The minimum atomic E-state index is -0.0148. The Morgan fingerprint density at radius 2 is 1.95 bits per heavy atom. The lowest BCUT2D eigenvalue weighted by Gasteiger charge is -2.30. The molecule has 1 N–H and O–H groups in total. The fourth-order valence-corrected chi connectivity index (χ4v) is 2.52. The molecular formula is C16H22N4O. The van der Waals surface area contributed by atoms with Gasteiger partial charge in [-0.2, -0.15) is 5.26 Å². The van der Waals surface area contributed by atoms with E-state index in [0.717, 1.165) is 31.6 Å². The Balaban J connectivity index is 1.86. The largest absolute Gasteiger partial charge is 0.378 e. The highest BCUT2D eigenvalue weighted by atomic mass is 16.1. The van der Waals surface area contributed by atoms with Crippen molar-refractivity contribution >= 4 is 11.6 Å². The minimum Gasteiger partial charge on any atom is -0.378 e. The number of carbonyl (C=O) groups excluding carboxylic acids is 1. The third kappa shape index (κ3) is 4.20. The lowest BCUT2D eigenvalue weighted by molar-refractivity contribution is 0.0914. The fourth-order valence-electron chi connectivity index (χ4n) is 2.52. The average Bonchev–Trinajstić information content (AvgIpc) is 2.49. The van der Waals surface area contributed by atoms with Crippen LogP contribution >= 0.6 is 0 Å². The molecule has 1 aromatic rings. The highest BCUT2D eigenvalue weighted by Gasteiger charge is 2.20. The van der Waals surface area contributed by atoms with Crippen LogP contribution in [-0.2, 0) is 0 Å². The molecule has 2 rings (SSSR count). The van der Waals surface area contributed by atoms with Gasteiger partial charge in [0, 0.05) is 44.5 Å². The molecule has 5 nitrogen and oxygen atoms in total. The third-order valence-corrected chi connectivity index (χ3v) is 3.86. The maximum absolute atomic E-state index is 12.2. The number of piperidine rings is 1. The number of hydrogen-bond acceptors (Lipinski definition) is 4. The van der Waals surface area contributed by atoms with Gasteiger partial charge < -0.3 is 10.2 Å². The Hall–Kier alpha value is -2.06. The monoisotopic (exact) mass is 286 g/mol. The predicted octanol–water partition coefficient (Wildman–Crippen LogP) is 1.47. The zero-order chi connectivity index (χ0) is 15.2. The van der Waals surface area contributed by atoms with E-state index < -0.39 is 0 Å². The molecule has 0 atom stereocenters. The summed E-state index contributed by atoms with van der Waals surface area (Å²) in [5.74, 6) is -0.0148. The molecule has 112 valence electrons. The van der Waals surface area contributed by atoms with E-state index in [9.17, 15) is 4.79 Å². The number of nitrogens with zero attached hydrogens (tertiary/aromatic N) is 3. The molecule has 1 fully saturated rings. The SMILES string of the molecule is CN(C)c1ccc(C(=O)NC2CCN(CC#N)CC2)cc1. The Labute approximate surface area is 126 Å². The van der Waals surface area contributed by atoms with E-state index >= 15 is 0 Å². The molecule has 1 saturated heterocycles. The topological polar surface area (TPSA) is 59.4 Å². The van der Waals surface area contributed by atoms with Crippen LogP contribution in [0.1, 0.15) is 23.2 Å². The van der Waals surface area contributed by atoms with Crippen LogP contribution in [0.25, 0.3) is 0 Å². The van der Waals surface area contributed by atoms with Gasteiger partial charge in [-0.15, -0.1) is 0 Å². The van der Waals surface area contributed by atoms with Gasteiger partial charge >= 0.3 is 0 Å². The highest BCUT2D eigenvalue weighted by Crippen LogP contribution is 2.14. The Morgan fingerprint density at radius 1 is 1.33 bits per heavy atom. The van der Waals surface area contributed by atoms with E-state index in [1.165, 1.54) is 0 Å². The summed E-state index contributed by atoms with van der Waals surface area (Å²) in [6.07, 6.45) is 1.81. The summed E-state index contributed by atoms with van der Waals surface area (Å²) >= 11 is 0. The molecule has 0 bridgehead atoms. The summed E-state index contributed by atoms with van der Waals surface area (Å²) in [6, 6.07) is 9.99. The molecule has 0 saturated carbocycles. The van der Waals surface area contributed by atoms with Gasteiger partial charge in [-0.1, -0.05) is 0 Å². The number of likely N-dealkylation sites (tertiary alicyclic amines) is 1. The average molecular weight is 286 g/mol. The van der Waals surface area contributed by atoms with Crippen LogP contribution in [0, 0.1) is 11.3 Å². The quantitative estimate of drug-likeness (QED) is 0.852.